The average molecular weight is 319 g/mol. The lowest BCUT2D eigenvalue weighted by Crippen LogP contribution is -1.97. The zero-order chi connectivity index (χ0) is 14.8. The molecule has 0 spiro atoms. The van der Waals surface area contributed by atoms with Gasteiger partial charge in [0.05, 0.1) is 5.56 Å². The fraction of sp³-hybridized carbons (Fsp3) is 0.0625. The lowest BCUT2D eigenvalue weighted by atomic mass is 10.1. The third-order valence-electron chi connectivity index (χ3n) is 3.11. The highest BCUT2D eigenvalue weighted by atomic mass is 35.5. The molecular weight excluding hydrogens is 308 g/mol. The van der Waals surface area contributed by atoms with Gasteiger partial charge in [-0.1, -0.05) is 11.6 Å². The summed E-state index contributed by atoms with van der Waals surface area (Å²) in [6.07, 6.45) is 0. The Morgan fingerprint density at radius 1 is 1.19 bits per heavy atom. The van der Waals surface area contributed by atoms with E-state index in [-0.39, 0.29) is 5.56 Å². The van der Waals surface area contributed by atoms with Crippen LogP contribution in [-0.2, 0) is 6.61 Å². The molecule has 0 bridgehead atoms. The number of aromatic carboxylic acids is 1. The van der Waals surface area contributed by atoms with E-state index in [2.05, 4.69) is 0 Å². The Kier molecular flexibility index (Phi) is 3.82. The van der Waals surface area contributed by atoms with Crippen LogP contribution >= 0.6 is 22.9 Å². The number of ether oxygens (including phenoxy) is 1. The Bertz CT molecular complexity index is 793. The maximum absolute atomic E-state index is 11.0. The van der Waals surface area contributed by atoms with Gasteiger partial charge in [0.15, 0.2) is 0 Å². The highest BCUT2D eigenvalue weighted by Crippen LogP contribution is 2.28. The van der Waals surface area contributed by atoms with Gasteiger partial charge in [-0.3, -0.25) is 0 Å². The first kappa shape index (κ1) is 13.9. The maximum atomic E-state index is 11.0. The van der Waals surface area contributed by atoms with Gasteiger partial charge in [-0.05, 0) is 53.2 Å². The van der Waals surface area contributed by atoms with Crippen LogP contribution in [0.15, 0.2) is 47.8 Å². The van der Waals surface area contributed by atoms with Crippen molar-refractivity contribution in [3.05, 3.63) is 64.0 Å². The SMILES string of the molecule is O=C(O)c1ccc2scc(COc3ccc(Cl)cc3)c2c1. The van der Waals surface area contributed by atoms with Gasteiger partial charge in [0.2, 0.25) is 0 Å². The number of hydrogen-bond acceptors (Lipinski definition) is 3. The van der Waals surface area contributed by atoms with Gasteiger partial charge in [-0.2, -0.15) is 0 Å². The molecule has 0 aliphatic heterocycles. The highest BCUT2D eigenvalue weighted by Gasteiger charge is 2.09. The number of halogens is 1. The molecule has 0 aliphatic carbocycles. The minimum Gasteiger partial charge on any atom is -0.489 e. The normalized spacial score (nSPS) is 10.7. The molecular formula is C16H11ClO3S. The van der Waals surface area contributed by atoms with Crippen LogP contribution in [0.4, 0.5) is 0 Å². The van der Waals surface area contributed by atoms with Gasteiger partial charge in [-0.25, -0.2) is 4.79 Å². The van der Waals surface area contributed by atoms with Crippen LogP contribution in [0.1, 0.15) is 15.9 Å². The molecule has 0 saturated carbocycles. The van der Waals surface area contributed by atoms with Crippen LogP contribution in [0, 0.1) is 0 Å². The molecule has 0 fully saturated rings. The maximum Gasteiger partial charge on any atom is 0.335 e. The van der Waals surface area contributed by atoms with E-state index in [1.807, 2.05) is 11.4 Å². The van der Waals surface area contributed by atoms with Crippen molar-refractivity contribution in [2.75, 3.05) is 0 Å². The molecule has 3 nitrogen and oxygen atoms in total. The molecule has 0 saturated heterocycles. The number of fused-ring (bicyclic) bond motifs is 1. The van der Waals surface area contributed by atoms with Crippen LogP contribution in [0.5, 0.6) is 5.75 Å². The van der Waals surface area contributed by atoms with Gasteiger partial charge in [0.1, 0.15) is 12.4 Å². The number of hydrogen-bond donors (Lipinski definition) is 1. The van der Waals surface area contributed by atoms with Gasteiger partial charge >= 0.3 is 5.97 Å². The zero-order valence-corrected chi connectivity index (χ0v) is 12.4. The van der Waals surface area contributed by atoms with E-state index in [9.17, 15) is 4.79 Å². The lowest BCUT2D eigenvalue weighted by Gasteiger charge is -2.05. The van der Waals surface area contributed by atoms with E-state index in [0.717, 1.165) is 21.4 Å². The fourth-order valence-corrected chi connectivity index (χ4v) is 3.07. The third kappa shape index (κ3) is 3.01. The first-order chi connectivity index (χ1) is 10.1. The van der Waals surface area contributed by atoms with Crippen molar-refractivity contribution in [3.63, 3.8) is 0 Å². The first-order valence-corrected chi connectivity index (χ1v) is 7.51. The summed E-state index contributed by atoms with van der Waals surface area (Å²) in [5, 5.41) is 12.6. The predicted molar refractivity (Wildman–Crippen MR) is 84.6 cm³/mol. The number of rotatable bonds is 4. The summed E-state index contributed by atoms with van der Waals surface area (Å²) in [5.41, 5.74) is 1.27. The number of benzene rings is 2. The third-order valence-corrected chi connectivity index (χ3v) is 4.37. The van der Waals surface area contributed by atoms with E-state index in [0.29, 0.717) is 11.6 Å². The van der Waals surface area contributed by atoms with Gasteiger partial charge in [-0.15, -0.1) is 11.3 Å². The van der Waals surface area contributed by atoms with E-state index >= 15 is 0 Å². The monoisotopic (exact) mass is 318 g/mol. The second kappa shape index (κ2) is 5.76. The fourth-order valence-electron chi connectivity index (χ4n) is 2.02. The Labute approximate surface area is 130 Å². The van der Waals surface area contributed by atoms with Crippen LogP contribution in [0.3, 0.4) is 0 Å². The van der Waals surface area contributed by atoms with Crippen molar-refractivity contribution in [2.24, 2.45) is 0 Å². The number of carboxylic acids is 1. The van der Waals surface area contributed by atoms with Gasteiger partial charge in [0, 0.05) is 15.3 Å². The van der Waals surface area contributed by atoms with Gasteiger partial charge in [0.25, 0.3) is 0 Å². The van der Waals surface area contributed by atoms with Crippen LogP contribution < -0.4 is 4.74 Å². The minimum absolute atomic E-state index is 0.286. The summed E-state index contributed by atoms with van der Waals surface area (Å²) in [7, 11) is 0. The highest BCUT2D eigenvalue weighted by molar-refractivity contribution is 7.17. The van der Waals surface area contributed by atoms with Crippen molar-refractivity contribution in [3.8, 4) is 5.75 Å². The number of carboxylic acid groups (broad SMARTS) is 1. The van der Waals surface area contributed by atoms with Crippen molar-refractivity contribution < 1.29 is 14.6 Å². The quantitative estimate of drug-likeness (QED) is 0.749. The Morgan fingerprint density at radius 2 is 1.95 bits per heavy atom. The molecule has 0 radical (unpaired) electrons. The van der Waals surface area contributed by atoms with Crippen molar-refractivity contribution >= 4 is 39.0 Å². The van der Waals surface area contributed by atoms with Crippen molar-refractivity contribution in [1.29, 1.82) is 0 Å². The largest absolute Gasteiger partial charge is 0.489 e. The van der Waals surface area contributed by atoms with Crippen molar-refractivity contribution in [2.45, 2.75) is 6.61 Å². The average Bonchev–Trinajstić information content (AvgIpc) is 2.89. The molecule has 5 heteroatoms. The van der Waals surface area contributed by atoms with Crippen LogP contribution in [0.25, 0.3) is 10.1 Å². The second-order valence-corrected chi connectivity index (χ2v) is 5.87. The Morgan fingerprint density at radius 3 is 2.67 bits per heavy atom. The molecule has 0 aliphatic rings. The molecule has 0 atom stereocenters. The van der Waals surface area contributed by atoms with Crippen molar-refractivity contribution in [1.82, 2.24) is 0 Å². The molecule has 21 heavy (non-hydrogen) atoms. The standard InChI is InChI=1S/C16H11ClO3S/c17-12-2-4-13(5-3-12)20-8-11-9-21-15-6-1-10(16(18)19)7-14(11)15/h1-7,9H,8H2,(H,18,19). The summed E-state index contributed by atoms with van der Waals surface area (Å²) >= 11 is 7.40. The summed E-state index contributed by atoms with van der Waals surface area (Å²) < 4.78 is 6.77. The molecule has 1 N–H and O–H groups in total. The smallest absolute Gasteiger partial charge is 0.335 e. The zero-order valence-electron chi connectivity index (χ0n) is 10.9. The summed E-state index contributed by atoms with van der Waals surface area (Å²) in [4.78, 5) is 11.0. The minimum atomic E-state index is -0.923. The first-order valence-electron chi connectivity index (χ1n) is 6.25. The lowest BCUT2D eigenvalue weighted by molar-refractivity contribution is 0.0697. The Hall–Kier alpha value is -2.04. The molecule has 2 aromatic carbocycles. The van der Waals surface area contributed by atoms with Crippen LogP contribution in [0.2, 0.25) is 5.02 Å². The molecule has 1 heterocycles. The number of carbonyl (C=O) groups is 1. The topological polar surface area (TPSA) is 46.5 Å². The summed E-state index contributed by atoms with van der Waals surface area (Å²) in [5.74, 6) is -0.194. The van der Waals surface area contributed by atoms with E-state index in [1.54, 1.807) is 47.7 Å². The molecule has 106 valence electrons. The van der Waals surface area contributed by atoms with E-state index < -0.39 is 5.97 Å². The molecule has 3 aromatic rings. The predicted octanol–water partition coefficient (Wildman–Crippen LogP) is 4.83. The van der Waals surface area contributed by atoms with Gasteiger partial charge < -0.3 is 9.84 Å². The molecule has 0 amide bonds. The molecule has 1 aromatic heterocycles. The Balaban J connectivity index is 1.84. The van der Waals surface area contributed by atoms with E-state index in [1.165, 1.54) is 0 Å². The summed E-state index contributed by atoms with van der Waals surface area (Å²) in [6.45, 7) is 0.394. The van der Waals surface area contributed by atoms with E-state index in [4.69, 9.17) is 21.4 Å². The number of thiophene rings is 1. The molecule has 3 rings (SSSR count). The molecule has 0 unspecified atom stereocenters. The van der Waals surface area contributed by atoms with Crippen LogP contribution in [-0.4, -0.2) is 11.1 Å². The summed E-state index contributed by atoms with van der Waals surface area (Å²) in [6, 6.07) is 12.3. The second-order valence-electron chi connectivity index (χ2n) is 4.52.